The SMILES string of the molecule is [3H]Cn1nnc2c1-c1ccccc1CN(C(=O)CCC(=O)NCCC(=O)N[C@H](C(=O)N[C@@H](CO[C@@H]1O[C@H](C(=O)O)[C@@H](O)[C@H](O)[C@H]1O)C(=O)NCCNC(=O)[C@]1(O)Cc3c(O)c4c(c(O)c3[C@@H](O[C@H]3C[C@H]5[C@H](O[C@@H]6[C@@H](OC)OCCN65)[C@H](C)O3)C1)C(=O)c1c(OC)cccc1C4=O)C(C)C)c1ccccc1-2. The lowest BCUT2D eigenvalue weighted by atomic mass is 9.72. The molecular formula is C70H82N10O24. The fourth-order valence-electron chi connectivity index (χ4n) is 14.6. The fraction of sp³-hybridized carbons (Fsp3) is 0.500. The molecule has 2 aliphatic carbocycles. The topological polar surface area (TPSA) is 466 Å². The van der Waals surface area contributed by atoms with Crippen LogP contribution in [0.15, 0.2) is 66.7 Å². The van der Waals surface area contributed by atoms with Crippen molar-refractivity contribution in [1.82, 2.24) is 46.5 Å². The molecule has 15 atom stereocenters. The van der Waals surface area contributed by atoms with Crippen molar-refractivity contribution in [2.75, 3.05) is 58.5 Å². The number of hydrogen-bond donors (Lipinski definition) is 12. The van der Waals surface area contributed by atoms with Crippen molar-refractivity contribution < 1.29 is 118 Å². The summed E-state index contributed by atoms with van der Waals surface area (Å²) >= 11 is 0. The number of fused-ring (bicyclic) bond motifs is 11. The third-order valence-electron chi connectivity index (χ3n) is 19.8. The lowest BCUT2D eigenvalue weighted by Crippen LogP contribution is -2.61. The van der Waals surface area contributed by atoms with E-state index in [2.05, 4.69) is 36.9 Å². The molecule has 34 nitrogen and oxygen atoms in total. The number of benzene rings is 4. The molecule has 104 heavy (non-hydrogen) atoms. The highest BCUT2D eigenvalue weighted by atomic mass is 16.7. The van der Waals surface area contributed by atoms with Crippen molar-refractivity contribution >= 4 is 58.7 Å². The van der Waals surface area contributed by atoms with Crippen LogP contribution in [0.1, 0.15) is 109 Å². The summed E-state index contributed by atoms with van der Waals surface area (Å²) in [5.41, 5.74) is -0.880. The molecule has 556 valence electrons. The third-order valence-corrected chi connectivity index (χ3v) is 19.8. The van der Waals surface area contributed by atoms with E-state index >= 15 is 0 Å². The maximum absolute atomic E-state index is 14.6. The van der Waals surface area contributed by atoms with Crippen LogP contribution in [0.25, 0.3) is 22.5 Å². The molecule has 6 heterocycles. The number of carbonyl (C=O) groups excluding carboxylic acids is 8. The van der Waals surface area contributed by atoms with Gasteiger partial charge >= 0.3 is 5.97 Å². The van der Waals surface area contributed by atoms with Gasteiger partial charge in [-0.3, -0.25) is 43.3 Å². The Morgan fingerprint density at radius 2 is 1.51 bits per heavy atom. The van der Waals surface area contributed by atoms with Gasteiger partial charge in [-0.2, -0.15) is 0 Å². The van der Waals surface area contributed by atoms with Crippen molar-refractivity contribution in [3.8, 4) is 39.8 Å². The maximum Gasteiger partial charge on any atom is 0.335 e. The standard InChI is InChI=1S/C70H82N10O24/c1-31(2)51(75-44(82)20-21-71-43(81)18-19-45(83)80-29-33-12-7-8-13-34(33)53-52(76-77-78(53)4)35-14-9-10-16-39(35)80)64(92)74-38(30-100-67-60(90)58(88)59(89)62(104-67)66(93)94)63(91)72-22-23-73-69(95)70(96)27-37-48(57(87)50-49(55(37)85)54(84)36-15-11-17-41(97-5)47(36)56(50)86)42(28-70)102-46-26-40-61(32(3)101-46)103-65-68(98-6)99-25-24-79(40)65/h7-17,31-32,38,40,42,46,51,58-62,65,67-68,85,87-90,96H,18-30H2,1-6H3,(H,71,81)(H,72,91)(H,73,95)(H,74,92)(H,75,82)(H,93,94)/t32-,38-,40-,42-,46-,51-,58-,59-,60+,61+,62-,65+,67+,68-,70-/m0/s1/i4T. The molecule has 0 unspecified atom stereocenters. The Bertz CT molecular complexity index is 4220. The van der Waals surface area contributed by atoms with Crippen molar-refractivity contribution in [2.24, 2.45) is 12.9 Å². The summed E-state index contributed by atoms with van der Waals surface area (Å²) in [6, 6.07) is 15.2. The number of methoxy groups -OCH3 is 2. The molecule has 0 saturated carbocycles. The summed E-state index contributed by atoms with van der Waals surface area (Å²) in [5.74, 6) is -10.6. The smallest absolute Gasteiger partial charge is 0.335 e. The second-order valence-corrected chi connectivity index (χ2v) is 26.7. The van der Waals surface area contributed by atoms with E-state index in [-0.39, 0.29) is 79.8 Å². The number of aliphatic hydroxyl groups excluding tert-OH is 3. The molecule has 0 radical (unpaired) electrons. The number of aromatic nitrogens is 3. The van der Waals surface area contributed by atoms with Gasteiger partial charge in [0.2, 0.25) is 35.3 Å². The van der Waals surface area contributed by atoms with E-state index < -0.39 is 200 Å². The number of carbonyl (C=O) groups is 9. The van der Waals surface area contributed by atoms with Gasteiger partial charge in [-0.1, -0.05) is 73.7 Å². The predicted octanol–water partition coefficient (Wildman–Crippen LogP) is -0.788. The Kier molecular flexibility index (Phi) is 21.5. The number of nitrogens with one attached hydrogen (secondary N) is 5. The third kappa shape index (κ3) is 14.4. The largest absolute Gasteiger partial charge is 0.507 e. The number of morpholine rings is 1. The minimum atomic E-state index is -2.56. The first-order chi connectivity index (χ1) is 50.3. The molecular weight excluding hydrogens is 1360 g/mol. The number of ether oxygens (including phenoxy) is 8. The number of aromatic hydroxyl groups is 2. The van der Waals surface area contributed by atoms with Crippen molar-refractivity contribution in [1.29, 1.82) is 0 Å². The van der Waals surface area contributed by atoms with Crippen LogP contribution in [0.4, 0.5) is 5.69 Å². The molecule has 0 bridgehead atoms. The normalized spacial score (nSPS) is 26.7. The average molecular weight is 1450 g/mol. The number of phenols is 2. The number of carboxylic acid groups (broad SMARTS) is 1. The van der Waals surface area contributed by atoms with Gasteiger partial charge < -0.3 is 105 Å². The summed E-state index contributed by atoms with van der Waals surface area (Å²) < 4.78 is 56.5. The Balaban J connectivity index is 0.706. The number of rotatable bonds is 23. The second-order valence-electron chi connectivity index (χ2n) is 26.7. The van der Waals surface area contributed by atoms with Crippen LogP contribution in [0.5, 0.6) is 17.2 Å². The second kappa shape index (κ2) is 30.7. The number of aryl methyl sites for hydroxylation is 1. The zero-order valence-corrected chi connectivity index (χ0v) is 57.2. The Hall–Kier alpha value is -9.43. The highest BCUT2D eigenvalue weighted by Crippen LogP contribution is 2.53. The van der Waals surface area contributed by atoms with Gasteiger partial charge in [0.1, 0.15) is 65.0 Å². The number of aliphatic hydroxyl groups is 4. The fourth-order valence-corrected chi connectivity index (χ4v) is 14.6. The number of carboxylic acids is 1. The molecule has 5 aliphatic heterocycles. The van der Waals surface area contributed by atoms with Crippen molar-refractivity contribution in [3.63, 3.8) is 0 Å². The number of amides is 6. The highest BCUT2D eigenvalue weighted by molar-refractivity contribution is 6.31. The van der Waals surface area contributed by atoms with E-state index in [1.54, 1.807) is 49.9 Å². The average Bonchev–Trinajstić information content (AvgIpc) is 1.15. The van der Waals surface area contributed by atoms with Crippen LogP contribution in [-0.2, 0) is 86.7 Å². The van der Waals surface area contributed by atoms with Crippen molar-refractivity contribution in [3.05, 3.63) is 106 Å². The first kappa shape index (κ1) is 72.9. The number of para-hydroxylation sites is 1. The zero-order valence-electron chi connectivity index (χ0n) is 58.2. The zero-order chi connectivity index (χ0) is 75.0. The molecule has 4 fully saturated rings. The van der Waals surface area contributed by atoms with Gasteiger partial charge in [-0.25, -0.2) is 9.48 Å². The quantitative estimate of drug-likeness (QED) is 0.0276. The van der Waals surface area contributed by atoms with E-state index in [1.165, 1.54) is 37.1 Å². The Morgan fingerprint density at radius 3 is 2.25 bits per heavy atom. The molecule has 5 aromatic rings. The van der Waals surface area contributed by atoms with Gasteiger partial charge in [0.05, 0.1) is 67.1 Å². The molecule has 1 aromatic heterocycles. The van der Waals surface area contributed by atoms with Gasteiger partial charge in [-0.15, -0.1) is 5.10 Å². The van der Waals surface area contributed by atoms with Crippen LogP contribution in [0.3, 0.4) is 0 Å². The van der Waals surface area contributed by atoms with E-state index in [4.69, 9.17) is 39.3 Å². The van der Waals surface area contributed by atoms with Gasteiger partial charge in [0, 0.05) is 114 Å². The number of hydrogen-bond acceptors (Lipinski definition) is 26. The monoisotopic (exact) mass is 1450 g/mol. The molecule has 34 heteroatoms. The van der Waals surface area contributed by atoms with E-state index in [0.29, 0.717) is 35.8 Å². The lowest BCUT2D eigenvalue weighted by Gasteiger charge is -2.43. The van der Waals surface area contributed by atoms with E-state index in [1.807, 2.05) is 29.2 Å². The molecule has 6 amide bonds. The lowest BCUT2D eigenvalue weighted by molar-refractivity contribution is -0.294. The molecule has 12 N–H and O–H groups in total. The molecule has 4 saturated heterocycles. The number of anilines is 1. The van der Waals surface area contributed by atoms with Crippen LogP contribution in [-0.4, -0.2) is 248 Å². The maximum atomic E-state index is 14.6. The van der Waals surface area contributed by atoms with Crippen LogP contribution < -0.4 is 36.2 Å². The molecule has 4 aromatic carbocycles. The Labute approximate surface area is 595 Å². The minimum absolute atomic E-state index is 0.0110. The van der Waals surface area contributed by atoms with Gasteiger partial charge in [0.25, 0.3) is 5.91 Å². The number of aliphatic carboxylic acids is 1. The summed E-state index contributed by atoms with van der Waals surface area (Å²) in [6.07, 6.45) is -17.8. The predicted molar refractivity (Wildman–Crippen MR) is 356 cm³/mol. The summed E-state index contributed by atoms with van der Waals surface area (Å²) in [5, 5.41) is 99.8. The summed E-state index contributed by atoms with van der Waals surface area (Å²) in [6.45, 7) is 3.63. The van der Waals surface area contributed by atoms with Gasteiger partial charge in [0.15, 0.2) is 37.0 Å². The first-order valence-corrected chi connectivity index (χ1v) is 33.9. The number of ketones is 2. The van der Waals surface area contributed by atoms with Crippen LogP contribution in [0.2, 0.25) is 0 Å². The van der Waals surface area contributed by atoms with Gasteiger partial charge in [-0.05, 0) is 30.5 Å². The minimum Gasteiger partial charge on any atom is -0.507 e. The van der Waals surface area contributed by atoms with Crippen LogP contribution in [0, 0.1) is 5.92 Å². The number of phenolic OH excluding ortho intramolecular Hbond substituents is 2. The molecule has 7 aliphatic rings. The summed E-state index contributed by atoms with van der Waals surface area (Å²) in [7, 11) is 2.58. The number of nitrogens with zero attached hydrogens (tertiary/aromatic N) is 5. The van der Waals surface area contributed by atoms with Crippen molar-refractivity contribution in [2.45, 2.75) is 157 Å². The highest BCUT2D eigenvalue weighted by Gasteiger charge is 2.56. The molecule has 0 spiro atoms. The Morgan fingerprint density at radius 1 is 0.779 bits per heavy atom. The van der Waals surface area contributed by atoms with E-state index in [9.17, 15) is 78.9 Å². The van der Waals surface area contributed by atoms with E-state index in [0.717, 1.165) is 11.1 Å². The summed E-state index contributed by atoms with van der Waals surface area (Å²) in [4.78, 5) is 128. The first-order valence-electron chi connectivity index (χ1n) is 34.6. The van der Waals surface area contributed by atoms with Crippen LogP contribution >= 0.6 is 0 Å². The molecule has 12 rings (SSSR count).